The molecule has 248 valence electrons. The molecule has 2 aromatic heterocycles. The predicted octanol–water partition coefficient (Wildman–Crippen LogP) is 11.3. The largest absolute Gasteiger partial charge is 0.741 e. The first-order valence-electron chi connectivity index (χ1n) is 17.1. The lowest BCUT2D eigenvalue weighted by Crippen LogP contribution is -2.80. The molecule has 0 fully saturated rings. The first-order valence-corrected chi connectivity index (χ1v) is 18.7. The first kappa shape index (κ1) is 29.9. The fourth-order valence-corrected chi connectivity index (χ4v) is 10.0. The minimum atomic E-state index is -4.29. The van der Waals surface area contributed by atoms with Gasteiger partial charge in [0.15, 0.2) is 0 Å². The van der Waals surface area contributed by atoms with Crippen LogP contribution in [0.2, 0.25) is 0 Å². The van der Waals surface area contributed by atoms with Gasteiger partial charge in [0.2, 0.25) is 11.6 Å². The van der Waals surface area contributed by atoms with Crippen molar-refractivity contribution in [1.29, 1.82) is 0 Å². The summed E-state index contributed by atoms with van der Waals surface area (Å²) in [5.41, 5.74) is 7.01. The Labute approximate surface area is 306 Å². The molecule has 0 saturated carbocycles. The maximum atomic E-state index is 17.3. The summed E-state index contributed by atoms with van der Waals surface area (Å²) in [6.45, 7) is -4.29. The van der Waals surface area contributed by atoms with Crippen LogP contribution in [0.5, 0.6) is 0 Å². The average molecular weight is 715 g/mol. The highest BCUT2D eigenvalue weighted by molar-refractivity contribution is 8.00. The molecule has 5 heterocycles. The number of benzene rings is 6. The van der Waals surface area contributed by atoms with Crippen LogP contribution in [0, 0.1) is 0 Å². The standard InChI is InChI=1S/C42H27BF2N5S2/c44-43(45)49-31-21-19-29(47-33-9-1-5-13-37(33)51-38-14-6-2-10-34(38)47)25-27(31)17-23-41(49)46-42-24-18-28-26-30(20-22-32(28)50(42)43)48-35-11-3-7-15-39(35)52-40-16-8-4-12-36(40)48/h1-26,46H/q+1. The summed E-state index contributed by atoms with van der Waals surface area (Å²) in [4.78, 5) is 9.04. The van der Waals surface area contributed by atoms with Gasteiger partial charge >= 0.3 is 6.97 Å². The number of hydrogen-bond acceptors (Lipinski definition) is 5. The number of fused-ring (bicyclic) bond motifs is 10. The fourth-order valence-electron chi connectivity index (χ4n) is 7.91. The van der Waals surface area contributed by atoms with Crippen molar-refractivity contribution in [1.82, 2.24) is 0 Å². The van der Waals surface area contributed by atoms with Gasteiger partial charge in [-0.15, -0.1) is 0 Å². The van der Waals surface area contributed by atoms with Crippen LogP contribution in [-0.4, -0.2) is 6.97 Å². The highest BCUT2D eigenvalue weighted by Gasteiger charge is 2.52. The van der Waals surface area contributed by atoms with Gasteiger partial charge in [0.25, 0.3) is 0 Å². The van der Waals surface area contributed by atoms with Gasteiger partial charge in [0.1, 0.15) is 0 Å². The minimum absolute atomic E-state index is 0.352. The van der Waals surface area contributed by atoms with E-state index < -0.39 is 6.97 Å². The van der Waals surface area contributed by atoms with Crippen LogP contribution in [0.1, 0.15) is 0 Å². The van der Waals surface area contributed by atoms with Crippen LogP contribution in [0.15, 0.2) is 177 Å². The zero-order valence-electron chi connectivity index (χ0n) is 27.4. The molecule has 3 aliphatic rings. The monoisotopic (exact) mass is 714 g/mol. The van der Waals surface area contributed by atoms with E-state index in [1.54, 1.807) is 35.7 Å². The zero-order valence-corrected chi connectivity index (χ0v) is 29.1. The lowest BCUT2D eigenvalue weighted by molar-refractivity contribution is -0.682. The Morgan fingerprint density at radius 3 is 1.19 bits per heavy atom. The molecular formula is C42H27BF2N5S2+. The molecule has 1 N–H and O–H groups in total. The third-order valence-corrected chi connectivity index (χ3v) is 12.4. The van der Waals surface area contributed by atoms with E-state index in [1.807, 2.05) is 97.1 Å². The van der Waals surface area contributed by atoms with E-state index in [1.165, 1.54) is 8.96 Å². The molecule has 0 atom stereocenters. The molecule has 0 amide bonds. The van der Waals surface area contributed by atoms with Gasteiger partial charge in [-0.1, -0.05) is 72.1 Å². The van der Waals surface area contributed by atoms with Crippen molar-refractivity contribution >= 4 is 98.1 Å². The number of anilines is 8. The Balaban J connectivity index is 1.04. The lowest BCUT2D eigenvalue weighted by atomic mass is 9.90. The number of hydrogen-bond donors (Lipinski definition) is 1. The lowest BCUT2D eigenvalue weighted by Gasteiger charge is -2.34. The van der Waals surface area contributed by atoms with Crippen molar-refractivity contribution in [2.24, 2.45) is 0 Å². The number of para-hydroxylation sites is 4. The number of halogens is 2. The van der Waals surface area contributed by atoms with Crippen molar-refractivity contribution in [2.75, 3.05) is 15.1 Å². The molecule has 5 nitrogen and oxygen atoms in total. The third-order valence-electron chi connectivity index (χ3n) is 10.2. The summed E-state index contributed by atoms with van der Waals surface area (Å²) in [7, 11) is 0. The molecule has 52 heavy (non-hydrogen) atoms. The van der Waals surface area contributed by atoms with Gasteiger partial charge in [-0.2, -0.15) is 0 Å². The third kappa shape index (κ3) is 4.31. The van der Waals surface area contributed by atoms with E-state index >= 15 is 8.63 Å². The van der Waals surface area contributed by atoms with Crippen molar-refractivity contribution < 1.29 is 17.6 Å². The Kier molecular flexibility index (Phi) is 6.36. The normalized spacial score (nSPS) is 14.8. The molecule has 0 aliphatic carbocycles. The molecular weight excluding hydrogens is 687 g/mol. The quantitative estimate of drug-likeness (QED) is 0.180. The van der Waals surface area contributed by atoms with E-state index in [9.17, 15) is 0 Å². The number of nitrogens with one attached hydrogen (secondary N) is 1. The van der Waals surface area contributed by atoms with E-state index in [2.05, 4.69) is 63.6 Å². The summed E-state index contributed by atoms with van der Waals surface area (Å²) in [5, 5.41) is 4.78. The van der Waals surface area contributed by atoms with E-state index in [0.29, 0.717) is 22.7 Å². The second-order valence-electron chi connectivity index (χ2n) is 13.1. The van der Waals surface area contributed by atoms with E-state index in [-0.39, 0.29) is 0 Å². The molecule has 11 rings (SSSR count). The average Bonchev–Trinajstić information content (AvgIpc) is 3.18. The van der Waals surface area contributed by atoms with Crippen LogP contribution in [-0.2, 0) is 0 Å². The van der Waals surface area contributed by atoms with Gasteiger partial charge < -0.3 is 27.4 Å². The Morgan fingerprint density at radius 2 is 0.808 bits per heavy atom. The molecule has 8 aromatic rings. The summed E-state index contributed by atoms with van der Waals surface area (Å²) >= 11 is 3.49. The molecule has 0 spiro atoms. The van der Waals surface area contributed by atoms with Gasteiger partial charge in [0, 0.05) is 53.9 Å². The van der Waals surface area contributed by atoms with Gasteiger partial charge in [-0.3, -0.25) is 0 Å². The zero-order chi connectivity index (χ0) is 34.6. The number of rotatable bonds is 2. The van der Waals surface area contributed by atoms with Crippen LogP contribution in [0.4, 0.5) is 54.4 Å². The van der Waals surface area contributed by atoms with Crippen molar-refractivity contribution in [3.05, 3.63) is 158 Å². The maximum Gasteiger partial charge on any atom is 0.741 e. The maximum absolute atomic E-state index is 17.3. The van der Waals surface area contributed by atoms with Crippen LogP contribution >= 0.6 is 23.5 Å². The minimum Gasteiger partial charge on any atom is -0.391 e. The smallest absolute Gasteiger partial charge is 0.391 e. The van der Waals surface area contributed by atoms with Crippen LogP contribution in [0.3, 0.4) is 0 Å². The van der Waals surface area contributed by atoms with Crippen LogP contribution < -0.4 is 24.1 Å². The SMILES string of the molecule is F[B-]1(F)[n+]2c(ccc3cc(N4c5ccccc5Sc5ccccc54)ccc32)Nc2ccc3cc(N4c5ccccc5Sc5ccccc54)ccc3[n+]21. The van der Waals surface area contributed by atoms with Crippen molar-refractivity contribution in [3.8, 4) is 0 Å². The summed E-state index contributed by atoms with van der Waals surface area (Å²) < 4.78 is 36.9. The summed E-state index contributed by atoms with van der Waals surface area (Å²) in [6.07, 6.45) is 0. The first-order chi connectivity index (χ1) is 25.5. The highest BCUT2D eigenvalue weighted by Crippen LogP contribution is 2.53. The van der Waals surface area contributed by atoms with Crippen LogP contribution in [0.25, 0.3) is 21.8 Å². The van der Waals surface area contributed by atoms with E-state index in [4.69, 9.17) is 0 Å². The van der Waals surface area contributed by atoms with Gasteiger partial charge in [0.05, 0.1) is 33.8 Å². The van der Waals surface area contributed by atoms with Crippen molar-refractivity contribution in [3.63, 3.8) is 0 Å². The number of aromatic nitrogens is 2. The second-order valence-corrected chi connectivity index (χ2v) is 15.3. The molecule has 3 aliphatic heterocycles. The molecule has 0 unspecified atom stereocenters. The fraction of sp³-hybridized carbons (Fsp3) is 0. The molecule has 6 aromatic carbocycles. The summed E-state index contributed by atoms with van der Waals surface area (Å²) in [6, 6.07) is 52.2. The molecule has 10 heteroatoms. The number of nitrogens with zero attached hydrogens (tertiary/aromatic N) is 4. The highest BCUT2D eigenvalue weighted by atomic mass is 32.2. The van der Waals surface area contributed by atoms with E-state index in [0.717, 1.165) is 64.5 Å². The molecule has 0 bridgehead atoms. The Bertz CT molecular complexity index is 2530. The molecule has 0 saturated heterocycles. The summed E-state index contributed by atoms with van der Waals surface area (Å²) in [5.74, 6) is 0.704. The number of pyridine rings is 2. The topological polar surface area (TPSA) is 26.3 Å². The second kappa shape index (κ2) is 11.1. The van der Waals surface area contributed by atoms with Crippen molar-refractivity contribution in [2.45, 2.75) is 19.6 Å². The predicted molar refractivity (Wildman–Crippen MR) is 208 cm³/mol. The molecule has 0 radical (unpaired) electrons. The van der Waals surface area contributed by atoms with Gasteiger partial charge in [-0.25, -0.2) is 5.32 Å². The Morgan fingerprint density at radius 1 is 0.442 bits per heavy atom. The van der Waals surface area contributed by atoms with Gasteiger partial charge in [-0.05, 0) is 97.1 Å². The Hall–Kier alpha value is -5.84.